The van der Waals surface area contributed by atoms with Crippen LogP contribution in [0.5, 0.6) is 0 Å². The molecule has 0 amide bonds. The SMILES string of the molecule is CCC(=O)C(C)c1oc(CC)c(C)c(=O)c1C. The van der Waals surface area contributed by atoms with Gasteiger partial charge in [-0.3, -0.25) is 9.59 Å². The Morgan fingerprint density at radius 3 is 2.29 bits per heavy atom. The first kappa shape index (κ1) is 13.7. The molecule has 0 saturated carbocycles. The number of aryl methyl sites for hydroxylation is 1. The lowest BCUT2D eigenvalue weighted by atomic mass is 9.96. The zero-order valence-corrected chi connectivity index (χ0v) is 11.2. The number of carbonyl (C=O) groups is 1. The van der Waals surface area contributed by atoms with Gasteiger partial charge in [-0.15, -0.1) is 0 Å². The average molecular weight is 236 g/mol. The van der Waals surface area contributed by atoms with Crippen LogP contribution in [0, 0.1) is 13.8 Å². The van der Waals surface area contributed by atoms with E-state index >= 15 is 0 Å². The van der Waals surface area contributed by atoms with E-state index in [9.17, 15) is 9.59 Å². The van der Waals surface area contributed by atoms with Gasteiger partial charge in [0.2, 0.25) is 0 Å². The van der Waals surface area contributed by atoms with E-state index in [1.54, 1.807) is 20.8 Å². The van der Waals surface area contributed by atoms with E-state index in [0.29, 0.717) is 35.5 Å². The van der Waals surface area contributed by atoms with E-state index < -0.39 is 0 Å². The van der Waals surface area contributed by atoms with Crippen LogP contribution in [-0.2, 0) is 11.2 Å². The minimum absolute atomic E-state index is 0.00106. The lowest BCUT2D eigenvalue weighted by Gasteiger charge is -2.14. The van der Waals surface area contributed by atoms with E-state index in [4.69, 9.17) is 4.42 Å². The molecule has 1 atom stereocenters. The Morgan fingerprint density at radius 2 is 1.82 bits per heavy atom. The van der Waals surface area contributed by atoms with Crippen molar-refractivity contribution in [3.05, 3.63) is 32.9 Å². The second-order valence-electron chi connectivity index (χ2n) is 4.36. The summed E-state index contributed by atoms with van der Waals surface area (Å²) in [5.74, 6) is 0.983. The van der Waals surface area contributed by atoms with Crippen molar-refractivity contribution in [1.29, 1.82) is 0 Å². The van der Waals surface area contributed by atoms with E-state index in [-0.39, 0.29) is 17.1 Å². The maximum absolute atomic E-state index is 12.0. The van der Waals surface area contributed by atoms with Gasteiger partial charge in [-0.2, -0.15) is 0 Å². The van der Waals surface area contributed by atoms with Crippen LogP contribution in [0.2, 0.25) is 0 Å². The third-order valence-corrected chi connectivity index (χ3v) is 3.25. The fourth-order valence-electron chi connectivity index (χ4n) is 2.01. The largest absolute Gasteiger partial charge is 0.465 e. The molecule has 0 radical (unpaired) electrons. The summed E-state index contributed by atoms with van der Waals surface area (Å²) in [5.41, 5.74) is 1.22. The predicted octanol–water partition coefficient (Wildman–Crippen LogP) is 2.90. The minimum atomic E-state index is -0.335. The molecule has 1 unspecified atom stereocenters. The fourth-order valence-corrected chi connectivity index (χ4v) is 2.01. The topological polar surface area (TPSA) is 47.3 Å². The van der Waals surface area contributed by atoms with Crippen molar-refractivity contribution >= 4 is 5.78 Å². The Morgan fingerprint density at radius 1 is 1.24 bits per heavy atom. The summed E-state index contributed by atoms with van der Waals surface area (Å²) >= 11 is 0. The van der Waals surface area contributed by atoms with Crippen LogP contribution in [0.4, 0.5) is 0 Å². The van der Waals surface area contributed by atoms with Crippen molar-refractivity contribution in [3.8, 4) is 0 Å². The summed E-state index contributed by atoms with van der Waals surface area (Å²) < 4.78 is 5.73. The molecule has 1 heterocycles. The third kappa shape index (κ3) is 2.48. The van der Waals surface area contributed by atoms with Crippen molar-refractivity contribution in [1.82, 2.24) is 0 Å². The molecule has 0 aliphatic carbocycles. The van der Waals surface area contributed by atoms with Gasteiger partial charge in [0.1, 0.15) is 17.3 Å². The quantitative estimate of drug-likeness (QED) is 0.807. The monoisotopic (exact) mass is 236 g/mol. The summed E-state index contributed by atoms with van der Waals surface area (Å²) in [6.07, 6.45) is 1.13. The Labute approximate surface area is 102 Å². The third-order valence-electron chi connectivity index (χ3n) is 3.25. The molecular weight excluding hydrogens is 216 g/mol. The van der Waals surface area contributed by atoms with Gasteiger partial charge in [0, 0.05) is 24.0 Å². The summed E-state index contributed by atoms with van der Waals surface area (Å²) in [6.45, 7) is 9.06. The lowest BCUT2D eigenvalue weighted by molar-refractivity contribution is -0.120. The molecule has 0 bridgehead atoms. The molecule has 17 heavy (non-hydrogen) atoms. The maximum atomic E-state index is 12.0. The van der Waals surface area contributed by atoms with E-state index in [2.05, 4.69) is 0 Å². The maximum Gasteiger partial charge on any atom is 0.191 e. The van der Waals surface area contributed by atoms with E-state index in [1.165, 1.54) is 0 Å². The highest BCUT2D eigenvalue weighted by atomic mass is 16.3. The summed E-state index contributed by atoms with van der Waals surface area (Å²) in [6, 6.07) is 0. The van der Waals surface area contributed by atoms with Crippen LogP contribution in [0.15, 0.2) is 9.21 Å². The standard InChI is InChI=1S/C14H20O3/c1-6-11(15)8(3)14-10(5)13(16)9(4)12(7-2)17-14/h8H,6-7H2,1-5H3. The first-order valence-electron chi connectivity index (χ1n) is 6.09. The molecule has 0 saturated heterocycles. The molecule has 0 aliphatic rings. The smallest absolute Gasteiger partial charge is 0.191 e. The van der Waals surface area contributed by atoms with Gasteiger partial charge in [0.05, 0.1) is 5.92 Å². The summed E-state index contributed by atoms with van der Waals surface area (Å²) in [4.78, 5) is 23.7. The molecule has 0 aliphatic heterocycles. The number of Topliss-reactive ketones (excluding diaryl/α,β-unsaturated/α-hetero) is 1. The predicted molar refractivity (Wildman–Crippen MR) is 67.5 cm³/mol. The number of hydrogen-bond acceptors (Lipinski definition) is 3. The molecule has 1 rings (SSSR count). The molecule has 1 aromatic heterocycles. The average Bonchev–Trinajstić information content (AvgIpc) is 2.34. The van der Waals surface area contributed by atoms with Crippen molar-refractivity contribution in [3.63, 3.8) is 0 Å². The Kier molecular flexibility index (Phi) is 4.27. The molecule has 0 N–H and O–H groups in total. The second kappa shape index (κ2) is 5.30. The molecule has 0 spiro atoms. The lowest BCUT2D eigenvalue weighted by Crippen LogP contribution is -2.18. The Balaban J connectivity index is 3.40. The van der Waals surface area contributed by atoms with Crippen molar-refractivity contribution in [2.45, 2.75) is 53.4 Å². The summed E-state index contributed by atoms with van der Waals surface area (Å²) in [7, 11) is 0. The summed E-state index contributed by atoms with van der Waals surface area (Å²) in [5, 5.41) is 0. The van der Waals surface area contributed by atoms with Gasteiger partial charge >= 0.3 is 0 Å². The minimum Gasteiger partial charge on any atom is -0.465 e. The zero-order chi connectivity index (χ0) is 13.2. The van der Waals surface area contributed by atoms with Gasteiger partial charge in [0.15, 0.2) is 5.43 Å². The zero-order valence-electron chi connectivity index (χ0n) is 11.2. The van der Waals surface area contributed by atoms with Crippen LogP contribution in [0.25, 0.3) is 0 Å². The highest BCUT2D eigenvalue weighted by molar-refractivity contribution is 5.84. The molecule has 3 nitrogen and oxygen atoms in total. The highest BCUT2D eigenvalue weighted by Crippen LogP contribution is 2.22. The molecule has 3 heteroatoms. The molecule has 94 valence electrons. The van der Waals surface area contributed by atoms with E-state index in [0.717, 1.165) is 0 Å². The molecule has 0 fully saturated rings. The van der Waals surface area contributed by atoms with Gasteiger partial charge in [-0.05, 0) is 20.8 Å². The molecular formula is C14H20O3. The van der Waals surface area contributed by atoms with Crippen LogP contribution in [0.3, 0.4) is 0 Å². The second-order valence-corrected chi connectivity index (χ2v) is 4.36. The van der Waals surface area contributed by atoms with Crippen LogP contribution in [0.1, 0.15) is 55.8 Å². The normalized spacial score (nSPS) is 12.5. The van der Waals surface area contributed by atoms with Crippen LogP contribution < -0.4 is 5.43 Å². The van der Waals surface area contributed by atoms with Crippen LogP contribution in [-0.4, -0.2) is 5.78 Å². The first-order valence-corrected chi connectivity index (χ1v) is 6.09. The Bertz CT molecular complexity index is 483. The number of carbonyl (C=O) groups excluding carboxylic acids is 1. The molecule has 1 aromatic rings. The van der Waals surface area contributed by atoms with Crippen LogP contribution >= 0.6 is 0 Å². The Hall–Kier alpha value is -1.38. The van der Waals surface area contributed by atoms with Gasteiger partial charge in [-0.1, -0.05) is 13.8 Å². The van der Waals surface area contributed by atoms with Crippen molar-refractivity contribution in [2.24, 2.45) is 0 Å². The number of rotatable bonds is 4. The van der Waals surface area contributed by atoms with Gasteiger partial charge in [0.25, 0.3) is 0 Å². The van der Waals surface area contributed by atoms with Crippen molar-refractivity contribution < 1.29 is 9.21 Å². The van der Waals surface area contributed by atoms with Crippen molar-refractivity contribution in [2.75, 3.05) is 0 Å². The van der Waals surface area contributed by atoms with Gasteiger partial charge in [-0.25, -0.2) is 0 Å². The fraction of sp³-hybridized carbons (Fsp3) is 0.571. The highest BCUT2D eigenvalue weighted by Gasteiger charge is 2.21. The first-order chi connectivity index (χ1) is 7.93. The molecule has 0 aromatic carbocycles. The van der Waals surface area contributed by atoms with Gasteiger partial charge < -0.3 is 4.42 Å². The number of hydrogen-bond donors (Lipinski definition) is 0. The number of ketones is 1. The van der Waals surface area contributed by atoms with E-state index in [1.807, 2.05) is 13.8 Å².